The number of halogens is 1. The van der Waals surface area contributed by atoms with Gasteiger partial charge >= 0.3 is 6.09 Å². The molecule has 0 radical (unpaired) electrons. The second-order valence-corrected chi connectivity index (χ2v) is 7.58. The van der Waals surface area contributed by atoms with Crippen molar-refractivity contribution in [1.82, 2.24) is 10.6 Å². The lowest BCUT2D eigenvalue weighted by Gasteiger charge is -2.23. The first-order valence-electron chi connectivity index (χ1n) is 7.60. The van der Waals surface area contributed by atoms with Crippen LogP contribution in [0.15, 0.2) is 21.2 Å². The van der Waals surface area contributed by atoms with Crippen LogP contribution in [-0.4, -0.2) is 24.3 Å². The normalized spacial score (nSPS) is 13.2. The highest BCUT2D eigenvalue weighted by atomic mass is 79.9. The average molecular weight is 375 g/mol. The van der Waals surface area contributed by atoms with E-state index in [1.807, 2.05) is 32.9 Å². The second kappa shape index (κ2) is 8.58. The van der Waals surface area contributed by atoms with E-state index in [0.29, 0.717) is 19.0 Å². The molecule has 0 aliphatic heterocycles. The van der Waals surface area contributed by atoms with Crippen molar-refractivity contribution in [3.05, 3.63) is 22.6 Å². The van der Waals surface area contributed by atoms with Crippen LogP contribution in [0, 0.1) is 5.92 Å². The van der Waals surface area contributed by atoms with Gasteiger partial charge in [0.1, 0.15) is 11.4 Å². The summed E-state index contributed by atoms with van der Waals surface area (Å²) in [6.45, 7) is 11.0. The van der Waals surface area contributed by atoms with Crippen LogP contribution in [0.1, 0.15) is 46.8 Å². The Kier molecular flexibility index (Phi) is 7.42. The van der Waals surface area contributed by atoms with E-state index >= 15 is 0 Å². The minimum atomic E-state index is -0.481. The maximum atomic E-state index is 11.7. The third-order valence-corrected chi connectivity index (χ3v) is 3.27. The number of amides is 1. The highest BCUT2D eigenvalue weighted by molar-refractivity contribution is 9.10. The van der Waals surface area contributed by atoms with E-state index in [1.54, 1.807) is 0 Å². The summed E-state index contributed by atoms with van der Waals surface area (Å²) >= 11 is 3.29. The SMILES string of the molecule is CC(C)CC(CNC(=O)OC(C)(C)C)NCc1ccc(Br)o1. The number of ether oxygens (including phenoxy) is 1. The van der Waals surface area contributed by atoms with Crippen molar-refractivity contribution < 1.29 is 13.9 Å². The predicted octanol–water partition coefficient (Wildman–Crippen LogP) is 4.07. The Balaban J connectivity index is 2.44. The van der Waals surface area contributed by atoms with Crippen molar-refractivity contribution in [2.24, 2.45) is 5.92 Å². The lowest BCUT2D eigenvalue weighted by atomic mass is 10.0. The van der Waals surface area contributed by atoms with Crippen LogP contribution in [0.3, 0.4) is 0 Å². The van der Waals surface area contributed by atoms with E-state index in [4.69, 9.17) is 9.15 Å². The van der Waals surface area contributed by atoms with Gasteiger partial charge in [-0.25, -0.2) is 4.79 Å². The fourth-order valence-electron chi connectivity index (χ4n) is 2.02. The first kappa shape index (κ1) is 19.0. The summed E-state index contributed by atoms with van der Waals surface area (Å²) in [6.07, 6.45) is 0.571. The summed E-state index contributed by atoms with van der Waals surface area (Å²) < 4.78 is 11.4. The van der Waals surface area contributed by atoms with Crippen LogP contribution in [0.25, 0.3) is 0 Å². The Morgan fingerprint density at radius 2 is 2.05 bits per heavy atom. The molecule has 126 valence electrons. The maximum Gasteiger partial charge on any atom is 0.407 e. The number of hydrogen-bond acceptors (Lipinski definition) is 4. The Hall–Kier alpha value is -1.01. The quantitative estimate of drug-likeness (QED) is 0.754. The molecule has 0 aliphatic carbocycles. The van der Waals surface area contributed by atoms with Gasteiger partial charge in [-0.1, -0.05) is 13.8 Å². The first-order chi connectivity index (χ1) is 10.2. The Bertz CT molecular complexity index is 466. The first-order valence-corrected chi connectivity index (χ1v) is 8.39. The Morgan fingerprint density at radius 3 is 2.55 bits per heavy atom. The lowest BCUT2D eigenvalue weighted by molar-refractivity contribution is 0.0520. The highest BCUT2D eigenvalue weighted by Crippen LogP contribution is 2.14. The van der Waals surface area contributed by atoms with Crippen LogP contribution in [0.4, 0.5) is 4.79 Å². The molecule has 0 fully saturated rings. The minimum Gasteiger partial charge on any atom is -0.453 e. The number of alkyl carbamates (subject to hydrolysis) is 1. The number of hydrogen-bond donors (Lipinski definition) is 2. The average Bonchev–Trinajstić information content (AvgIpc) is 2.76. The van der Waals surface area contributed by atoms with Crippen molar-refractivity contribution in [2.45, 2.75) is 59.2 Å². The van der Waals surface area contributed by atoms with Crippen LogP contribution in [0.5, 0.6) is 0 Å². The van der Waals surface area contributed by atoms with Gasteiger partial charge in [0.2, 0.25) is 0 Å². The summed E-state index contributed by atoms with van der Waals surface area (Å²) in [5, 5.41) is 6.24. The highest BCUT2D eigenvalue weighted by Gasteiger charge is 2.18. The van der Waals surface area contributed by atoms with Gasteiger partial charge in [0.15, 0.2) is 4.67 Å². The molecule has 6 heteroatoms. The Morgan fingerprint density at radius 1 is 1.36 bits per heavy atom. The molecule has 1 rings (SSSR count). The number of furan rings is 1. The van der Waals surface area contributed by atoms with Crippen molar-refractivity contribution >= 4 is 22.0 Å². The molecule has 22 heavy (non-hydrogen) atoms. The van der Waals surface area contributed by atoms with Crippen molar-refractivity contribution in [2.75, 3.05) is 6.54 Å². The maximum absolute atomic E-state index is 11.7. The summed E-state index contributed by atoms with van der Waals surface area (Å²) in [7, 11) is 0. The van der Waals surface area contributed by atoms with Gasteiger partial charge in [-0.3, -0.25) is 0 Å². The summed E-state index contributed by atoms with van der Waals surface area (Å²) in [6, 6.07) is 3.95. The van der Waals surface area contributed by atoms with Gasteiger partial charge in [-0.05, 0) is 61.2 Å². The summed E-state index contributed by atoms with van der Waals surface area (Å²) in [5.41, 5.74) is -0.481. The number of carbonyl (C=O) groups excluding carboxylic acids is 1. The fourth-order valence-corrected chi connectivity index (χ4v) is 2.36. The van der Waals surface area contributed by atoms with Crippen LogP contribution < -0.4 is 10.6 Å². The third-order valence-electron chi connectivity index (χ3n) is 2.84. The second-order valence-electron chi connectivity index (χ2n) is 6.80. The summed E-state index contributed by atoms with van der Waals surface area (Å²) in [5.74, 6) is 1.39. The lowest BCUT2D eigenvalue weighted by Crippen LogP contribution is -2.43. The molecule has 1 amide bonds. The predicted molar refractivity (Wildman–Crippen MR) is 90.7 cm³/mol. The van der Waals surface area contributed by atoms with Crippen LogP contribution in [0.2, 0.25) is 0 Å². The molecule has 1 aromatic rings. The van der Waals surface area contributed by atoms with E-state index in [2.05, 4.69) is 40.4 Å². The van der Waals surface area contributed by atoms with Gasteiger partial charge < -0.3 is 19.8 Å². The Labute approximate surface area is 141 Å². The van der Waals surface area contributed by atoms with Gasteiger partial charge in [-0.15, -0.1) is 0 Å². The monoisotopic (exact) mass is 374 g/mol. The van der Waals surface area contributed by atoms with Gasteiger partial charge in [0, 0.05) is 12.6 Å². The fraction of sp³-hybridized carbons (Fsp3) is 0.688. The molecule has 0 saturated carbocycles. The molecular formula is C16H27BrN2O3. The zero-order chi connectivity index (χ0) is 16.8. The zero-order valence-electron chi connectivity index (χ0n) is 14.0. The third kappa shape index (κ3) is 8.44. The van der Waals surface area contributed by atoms with Crippen LogP contribution >= 0.6 is 15.9 Å². The van der Waals surface area contributed by atoms with E-state index in [1.165, 1.54) is 0 Å². The van der Waals surface area contributed by atoms with Gasteiger partial charge in [0.05, 0.1) is 6.54 Å². The molecule has 1 atom stereocenters. The van der Waals surface area contributed by atoms with Crippen molar-refractivity contribution in [3.63, 3.8) is 0 Å². The molecular weight excluding hydrogens is 348 g/mol. The van der Waals surface area contributed by atoms with Gasteiger partial charge in [-0.2, -0.15) is 0 Å². The zero-order valence-corrected chi connectivity index (χ0v) is 15.6. The molecule has 0 aliphatic rings. The van der Waals surface area contributed by atoms with Gasteiger partial charge in [0.25, 0.3) is 0 Å². The largest absolute Gasteiger partial charge is 0.453 e. The topological polar surface area (TPSA) is 63.5 Å². The molecule has 0 bridgehead atoms. The van der Waals surface area contributed by atoms with E-state index in [0.717, 1.165) is 16.9 Å². The van der Waals surface area contributed by atoms with E-state index in [9.17, 15) is 4.79 Å². The molecule has 0 aromatic carbocycles. The molecule has 0 saturated heterocycles. The molecule has 1 heterocycles. The number of nitrogens with one attached hydrogen (secondary N) is 2. The molecule has 0 spiro atoms. The van der Waals surface area contributed by atoms with Crippen molar-refractivity contribution in [3.8, 4) is 0 Å². The molecule has 5 nitrogen and oxygen atoms in total. The number of carbonyl (C=O) groups is 1. The minimum absolute atomic E-state index is 0.163. The number of rotatable bonds is 7. The molecule has 1 unspecified atom stereocenters. The van der Waals surface area contributed by atoms with Crippen LogP contribution in [-0.2, 0) is 11.3 Å². The van der Waals surface area contributed by atoms with E-state index < -0.39 is 5.60 Å². The summed E-state index contributed by atoms with van der Waals surface area (Å²) in [4.78, 5) is 11.7. The smallest absolute Gasteiger partial charge is 0.407 e. The van der Waals surface area contributed by atoms with Crippen molar-refractivity contribution in [1.29, 1.82) is 0 Å². The van der Waals surface area contributed by atoms with E-state index in [-0.39, 0.29) is 12.1 Å². The standard InChI is InChI=1S/C16H27BrN2O3/c1-11(2)8-12(9-19-15(20)22-16(3,4)5)18-10-13-6-7-14(17)21-13/h6-7,11-12,18H,8-10H2,1-5H3,(H,19,20). The molecule has 2 N–H and O–H groups in total. The molecule has 1 aromatic heterocycles.